The van der Waals surface area contributed by atoms with Crippen LogP contribution in [0.2, 0.25) is 0 Å². The van der Waals surface area contributed by atoms with E-state index in [1.807, 2.05) is 24.3 Å². The first-order valence-electron chi connectivity index (χ1n) is 9.40. The van der Waals surface area contributed by atoms with Crippen LogP contribution in [0.3, 0.4) is 0 Å². The lowest BCUT2D eigenvalue weighted by atomic mass is 9.62. The standard InChI is InChI=1S/C23H27NO/c1-15-18-14-19(23(15,2)3)20(22(18)25)21(16-10-6-4-7-11-16)24-17-12-8-5-9-13-17/h4-13,15,18-21,24H,14H2,1-3H3/t15-,18-,19+,20+,21+/m1/s1. The first-order chi connectivity index (χ1) is 12.0. The van der Waals surface area contributed by atoms with Crippen molar-refractivity contribution in [3.05, 3.63) is 66.2 Å². The predicted octanol–water partition coefficient (Wildman–Crippen LogP) is 5.34. The van der Waals surface area contributed by atoms with Crippen LogP contribution >= 0.6 is 0 Å². The minimum Gasteiger partial charge on any atom is -0.377 e. The van der Waals surface area contributed by atoms with Gasteiger partial charge < -0.3 is 5.32 Å². The molecule has 0 spiro atoms. The van der Waals surface area contributed by atoms with Crippen LogP contribution in [-0.4, -0.2) is 5.78 Å². The van der Waals surface area contributed by atoms with Gasteiger partial charge >= 0.3 is 0 Å². The van der Waals surface area contributed by atoms with Gasteiger partial charge in [0, 0.05) is 17.5 Å². The van der Waals surface area contributed by atoms with Crippen LogP contribution in [0.1, 0.15) is 38.8 Å². The fraction of sp³-hybridized carbons (Fsp3) is 0.435. The number of ketones is 1. The monoisotopic (exact) mass is 333 g/mol. The average Bonchev–Trinajstić information content (AvgIpc) is 3.08. The van der Waals surface area contributed by atoms with E-state index in [0.717, 1.165) is 12.1 Å². The van der Waals surface area contributed by atoms with Gasteiger partial charge in [-0.2, -0.15) is 0 Å². The van der Waals surface area contributed by atoms with Crippen molar-refractivity contribution in [3.63, 3.8) is 0 Å². The molecule has 1 N–H and O–H groups in total. The Bertz CT molecular complexity index is 752. The van der Waals surface area contributed by atoms with E-state index in [4.69, 9.17) is 0 Å². The third kappa shape index (κ3) is 2.59. The molecule has 2 aromatic rings. The summed E-state index contributed by atoms with van der Waals surface area (Å²) in [5.41, 5.74) is 2.51. The Kier molecular flexibility index (Phi) is 3.94. The number of carbonyl (C=O) groups is 1. The zero-order chi connectivity index (χ0) is 17.6. The summed E-state index contributed by atoms with van der Waals surface area (Å²) in [7, 11) is 0. The van der Waals surface area contributed by atoms with Crippen LogP contribution in [0, 0.1) is 29.1 Å². The third-order valence-electron chi connectivity index (χ3n) is 6.98. The third-order valence-corrected chi connectivity index (χ3v) is 6.98. The van der Waals surface area contributed by atoms with E-state index in [2.05, 4.69) is 62.5 Å². The van der Waals surface area contributed by atoms with E-state index < -0.39 is 0 Å². The minimum absolute atomic E-state index is 0.0397. The quantitative estimate of drug-likeness (QED) is 0.818. The number of anilines is 1. The summed E-state index contributed by atoms with van der Waals surface area (Å²) in [6, 6.07) is 20.8. The number of carbonyl (C=O) groups excluding carboxylic acids is 1. The lowest BCUT2D eigenvalue weighted by Gasteiger charge is -2.43. The molecule has 0 aliphatic heterocycles. The smallest absolute Gasteiger partial charge is 0.142 e. The molecule has 0 radical (unpaired) electrons. The van der Waals surface area contributed by atoms with E-state index in [0.29, 0.717) is 17.6 Å². The van der Waals surface area contributed by atoms with Crippen LogP contribution < -0.4 is 5.32 Å². The molecule has 5 atom stereocenters. The van der Waals surface area contributed by atoms with Crippen molar-refractivity contribution < 1.29 is 4.79 Å². The molecule has 25 heavy (non-hydrogen) atoms. The Morgan fingerprint density at radius 1 is 1.00 bits per heavy atom. The normalized spacial score (nSPS) is 31.1. The molecule has 2 fully saturated rings. The maximum Gasteiger partial charge on any atom is 0.142 e. The molecule has 4 rings (SSSR count). The fourth-order valence-corrected chi connectivity index (χ4v) is 5.21. The summed E-state index contributed by atoms with van der Waals surface area (Å²) in [6.45, 7) is 6.97. The summed E-state index contributed by atoms with van der Waals surface area (Å²) in [5, 5.41) is 3.68. The number of Topliss-reactive ketones (excluding diaryl/α,β-unsaturated/α-hetero) is 1. The summed E-state index contributed by atoms with van der Waals surface area (Å²) in [4.78, 5) is 13.2. The molecule has 2 saturated carbocycles. The number of fused-ring (bicyclic) bond motifs is 2. The van der Waals surface area contributed by atoms with Crippen LogP contribution in [0.4, 0.5) is 5.69 Å². The van der Waals surface area contributed by atoms with Crippen LogP contribution in [0.15, 0.2) is 60.7 Å². The predicted molar refractivity (Wildman–Crippen MR) is 102 cm³/mol. The van der Waals surface area contributed by atoms with E-state index in [1.165, 1.54) is 5.56 Å². The average molecular weight is 333 g/mol. The molecule has 2 nitrogen and oxygen atoms in total. The second kappa shape index (κ2) is 6.01. The summed E-state index contributed by atoms with van der Waals surface area (Å²) in [6.07, 6.45) is 1.05. The molecule has 2 aliphatic rings. The zero-order valence-electron chi connectivity index (χ0n) is 15.3. The van der Waals surface area contributed by atoms with Gasteiger partial charge in [0.05, 0.1) is 6.04 Å². The van der Waals surface area contributed by atoms with Crippen molar-refractivity contribution in [3.8, 4) is 0 Å². The van der Waals surface area contributed by atoms with Crippen molar-refractivity contribution in [1.82, 2.24) is 0 Å². The van der Waals surface area contributed by atoms with Gasteiger partial charge in [0.2, 0.25) is 0 Å². The lowest BCUT2D eigenvalue weighted by molar-refractivity contribution is -0.131. The molecule has 0 heterocycles. The molecule has 0 unspecified atom stereocenters. The molecule has 0 amide bonds. The molecular weight excluding hydrogens is 306 g/mol. The number of rotatable bonds is 4. The van der Waals surface area contributed by atoms with Gasteiger partial charge in [-0.1, -0.05) is 69.3 Å². The highest BCUT2D eigenvalue weighted by Crippen LogP contribution is 2.62. The number of hydrogen-bond donors (Lipinski definition) is 1. The summed E-state index contributed by atoms with van der Waals surface area (Å²) in [5.74, 6) is 1.68. The van der Waals surface area contributed by atoms with Crippen molar-refractivity contribution in [2.24, 2.45) is 29.1 Å². The van der Waals surface area contributed by atoms with Crippen molar-refractivity contribution in [1.29, 1.82) is 0 Å². The van der Waals surface area contributed by atoms with Gasteiger partial charge in [0.15, 0.2) is 0 Å². The Morgan fingerprint density at radius 2 is 1.60 bits per heavy atom. The number of para-hydroxylation sites is 1. The molecule has 2 aromatic carbocycles. The van der Waals surface area contributed by atoms with E-state index in [-0.39, 0.29) is 23.3 Å². The van der Waals surface area contributed by atoms with E-state index in [9.17, 15) is 4.79 Å². The first kappa shape index (κ1) is 16.4. The Morgan fingerprint density at radius 3 is 2.20 bits per heavy atom. The van der Waals surface area contributed by atoms with Crippen LogP contribution in [-0.2, 0) is 4.79 Å². The number of hydrogen-bond acceptors (Lipinski definition) is 2. The van der Waals surface area contributed by atoms with Crippen LogP contribution in [0.5, 0.6) is 0 Å². The van der Waals surface area contributed by atoms with E-state index in [1.54, 1.807) is 0 Å². The fourth-order valence-electron chi connectivity index (χ4n) is 5.21. The Balaban J connectivity index is 1.73. The van der Waals surface area contributed by atoms with Crippen LogP contribution in [0.25, 0.3) is 0 Å². The van der Waals surface area contributed by atoms with Gasteiger partial charge in [0.25, 0.3) is 0 Å². The maximum absolute atomic E-state index is 13.2. The van der Waals surface area contributed by atoms with Crippen molar-refractivity contribution >= 4 is 11.5 Å². The second-order valence-corrected chi connectivity index (χ2v) is 8.39. The topological polar surface area (TPSA) is 29.1 Å². The SMILES string of the molecule is C[C@@H]1[C@H]2C[C@@H]([C@@H]([C@@H](Nc3ccccc3)c3ccccc3)C2=O)C1(C)C. The summed E-state index contributed by atoms with van der Waals surface area (Å²) >= 11 is 0. The highest BCUT2D eigenvalue weighted by atomic mass is 16.1. The van der Waals surface area contributed by atoms with Gasteiger partial charge in [-0.25, -0.2) is 0 Å². The molecule has 2 aliphatic carbocycles. The lowest BCUT2D eigenvalue weighted by Crippen LogP contribution is -2.43. The van der Waals surface area contributed by atoms with Gasteiger partial charge in [0.1, 0.15) is 5.78 Å². The Labute approximate surface area is 150 Å². The van der Waals surface area contributed by atoms with Gasteiger partial charge in [-0.15, -0.1) is 0 Å². The molecular formula is C23H27NO. The molecule has 130 valence electrons. The highest BCUT2D eigenvalue weighted by Gasteiger charge is 2.61. The molecule has 0 aromatic heterocycles. The molecule has 0 saturated heterocycles. The first-order valence-corrected chi connectivity index (χ1v) is 9.40. The van der Waals surface area contributed by atoms with Gasteiger partial charge in [-0.05, 0) is 41.4 Å². The minimum atomic E-state index is 0.0397. The van der Waals surface area contributed by atoms with Crippen molar-refractivity contribution in [2.75, 3.05) is 5.32 Å². The summed E-state index contributed by atoms with van der Waals surface area (Å²) < 4.78 is 0. The molecule has 2 heteroatoms. The largest absolute Gasteiger partial charge is 0.377 e. The number of nitrogens with one attached hydrogen (secondary N) is 1. The zero-order valence-corrected chi connectivity index (χ0v) is 15.3. The van der Waals surface area contributed by atoms with Gasteiger partial charge in [-0.3, -0.25) is 4.79 Å². The highest BCUT2D eigenvalue weighted by molar-refractivity contribution is 5.89. The Hall–Kier alpha value is -2.09. The number of benzene rings is 2. The molecule has 2 bridgehead atoms. The van der Waals surface area contributed by atoms with E-state index >= 15 is 0 Å². The maximum atomic E-state index is 13.2. The second-order valence-electron chi connectivity index (χ2n) is 8.39. The van der Waals surface area contributed by atoms with Crippen molar-refractivity contribution in [2.45, 2.75) is 33.2 Å².